The molecular formula is C12H12ClN5O3. The van der Waals surface area contributed by atoms with E-state index >= 15 is 0 Å². The summed E-state index contributed by atoms with van der Waals surface area (Å²) >= 11 is 5.93. The first-order valence-electron chi connectivity index (χ1n) is 5.93. The molecule has 0 aliphatic heterocycles. The highest BCUT2D eigenvalue weighted by molar-refractivity contribution is 6.33. The second-order valence-corrected chi connectivity index (χ2v) is 4.49. The molecule has 8 nitrogen and oxygen atoms in total. The Balaban J connectivity index is 2.13. The van der Waals surface area contributed by atoms with Crippen molar-refractivity contribution < 1.29 is 14.7 Å². The average Bonchev–Trinajstić information content (AvgIpc) is 2.84. The largest absolute Gasteiger partial charge is 0.476 e. The summed E-state index contributed by atoms with van der Waals surface area (Å²) in [6, 6.07) is 6.75. The summed E-state index contributed by atoms with van der Waals surface area (Å²) < 4.78 is 1.15. The normalized spacial score (nSPS) is 10.4. The number of aromatic carboxylic acids is 1. The van der Waals surface area contributed by atoms with Crippen LogP contribution in [0.1, 0.15) is 16.2 Å². The van der Waals surface area contributed by atoms with Crippen LogP contribution in [0.2, 0.25) is 5.02 Å². The number of nitrogens with two attached hydrogens (primary N) is 1. The number of halogens is 1. The lowest BCUT2D eigenvalue weighted by Gasteiger charge is -2.08. The predicted molar refractivity (Wildman–Crippen MR) is 75.0 cm³/mol. The Hall–Kier alpha value is -2.45. The van der Waals surface area contributed by atoms with Gasteiger partial charge in [-0.05, 0) is 12.1 Å². The average molecular weight is 310 g/mol. The highest BCUT2D eigenvalue weighted by atomic mass is 35.5. The van der Waals surface area contributed by atoms with E-state index in [9.17, 15) is 9.59 Å². The van der Waals surface area contributed by atoms with Crippen molar-refractivity contribution in [2.45, 2.75) is 13.1 Å². The third kappa shape index (κ3) is 3.36. The first kappa shape index (κ1) is 14.9. The number of para-hydroxylation sites is 1. The smallest absolute Gasteiger partial charge is 0.358 e. The van der Waals surface area contributed by atoms with Crippen molar-refractivity contribution in [3.05, 3.63) is 40.7 Å². The summed E-state index contributed by atoms with van der Waals surface area (Å²) in [5.74, 6) is -1.66. The minimum absolute atomic E-state index is 0.0893. The number of carboxylic acid groups (broad SMARTS) is 1. The zero-order valence-electron chi connectivity index (χ0n) is 10.8. The van der Waals surface area contributed by atoms with Gasteiger partial charge in [-0.1, -0.05) is 28.9 Å². The summed E-state index contributed by atoms with van der Waals surface area (Å²) in [6.45, 7) is -0.300. The molecule has 2 aromatic rings. The maximum Gasteiger partial charge on any atom is 0.358 e. The number of carboxylic acids is 1. The molecule has 0 unspecified atom stereocenters. The van der Waals surface area contributed by atoms with Gasteiger partial charge >= 0.3 is 5.97 Å². The lowest BCUT2D eigenvalue weighted by atomic mass is 10.3. The van der Waals surface area contributed by atoms with E-state index < -0.39 is 11.9 Å². The number of rotatable bonds is 5. The van der Waals surface area contributed by atoms with Crippen LogP contribution < -0.4 is 11.1 Å². The monoisotopic (exact) mass is 309 g/mol. The molecule has 2 rings (SSSR count). The van der Waals surface area contributed by atoms with Gasteiger partial charge in [-0.2, -0.15) is 0 Å². The van der Waals surface area contributed by atoms with E-state index in [0.717, 1.165) is 4.68 Å². The molecule has 0 aliphatic carbocycles. The Morgan fingerprint density at radius 3 is 2.71 bits per heavy atom. The molecule has 0 radical (unpaired) electrons. The van der Waals surface area contributed by atoms with Crippen LogP contribution in [-0.2, 0) is 17.9 Å². The number of hydrogen-bond acceptors (Lipinski definition) is 5. The lowest BCUT2D eigenvalue weighted by molar-refractivity contribution is -0.117. The van der Waals surface area contributed by atoms with Gasteiger partial charge < -0.3 is 16.2 Å². The first-order chi connectivity index (χ1) is 10.0. The van der Waals surface area contributed by atoms with Gasteiger partial charge in [-0.3, -0.25) is 4.79 Å². The molecule has 0 aliphatic rings. The van der Waals surface area contributed by atoms with E-state index in [-0.39, 0.29) is 24.5 Å². The highest BCUT2D eigenvalue weighted by Gasteiger charge is 2.19. The van der Waals surface area contributed by atoms with Crippen LogP contribution in [-0.4, -0.2) is 32.0 Å². The molecule has 1 amide bonds. The van der Waals surface area contributed by atoms with Crippen LogP contribution in [0.4, 0.5) is 5.69 Å². The third-order valence-corrected chi connectivity index (χ3v) is 3.00. The number of carbonyl (C=O) groups excluding carboxylic acids is 1. The van der Waals surface area contributed by atoms with E-state index in [1.54, 1.807) is 24.3 Å². The number of hydrogen-bond donors (Lipinski definition) is 3. The van der Waals surface area contributed by atoms with Crippen molar-refractivity contribution in [2.75, 3.05) is 5.32 Å². The van der Waals surface area contributed by atoms with Gasteiger partial charge in [0.15, 0.2) is 5.69 Å². The van der Waals surface area contributed by atoms with Crippen molar-refractivity contribution in [2.24, 2.45) is 5.73 Å². The zero-order valence-corrected chi connectivity index (χ0v) is 11.5. The maximum absolute atomic E-state index is 11.9. The quantitative estimate of drug-likeness (QED) is 0.748. The number of carbonyl (C=O) groups is 2. The summed E-state index contributed by atoms with van der Waals surface area (Å²) in [5, 5.41) is 19.0. The van der Waals surface area contributed by atoms with Crippen molar-refractivity contribution >= 4 is 29.2 Å². The number of anilines is 1. The van der Waals surface area contributed by atoms with Crippen LogP contribution in [0, 0.1) is 0 Å². The topological polar surface area (TPSA) is 123 Å². The molecule has 0 saturated heterocycles. The van der Waals surface area contributed by atoms with Gasteiger partial charge in [-0.15, -0.1) is 5.10 Å². The summed E-state index contributed by atoms with van der Waals surface area (Å²) in [6.07, 6.45) is 0. The number of amides is 1. The van der Waals surface area contributed by atoms with Gasteiger partial charge in [-0.25, -0.2) is 9.48 Å². The summed E-state index contributed by atoms with van der Waals surface area (Å²) in [7, 11) is 0. The third-order valence-electron chi connectivity index (χ3n) is 2.67. The van der Waals surface area contributed by atoms with Gasteiger partial charge in [0.05, 0.1) is 16.4 Å². The molecule has 9 heteroatoms. The number of nitrogens with zero attached hydrogens (tertiary/aromatic N) is 3. The van der Waals surface area contributed by atoms with Gasteiger partial charge in [0.2, 0.25) is 5.91 Å². The predicted octanol–water partition coefficient (Wildman–Crippen LogP) is 0.727. The summed E-state index contributed by atoms with van der Waals surface area (Å²) in [4.78, 5) is 22.9. The van der Waals surface area contributed by atoms with Crippen molar-refractivity contribution in [1.82, 2.24) is 15.0 Å². The molecule has 1 aromatic heterocycles. The molecule has 1 aromatic carbocycles. The molecule has 0 spiro atoms. The maximum atomic E-state index is 11.9. The fraction of sp³-hybridized carbons (Fsp3) is 0.167. The molecular weight excluding hydrogens is 298 g/mol. The van der Waals surface area contributed by atoms with Crippen molar-refractivity contribution in [3.63, 3.8) is 0 Å². The van der Waals surface area contributed by atoms with Crippen LogP contribution in [0.15, 0.2) is 24.3 Å². The van der Waals surface area contributed by atoms with E-state index in [1.165, 1.54) is 0 Å². The minimum Gasteiger partial charge on any atom is -0.476 e. The van der Waals surface area contributed by atoms with E-state index in [4.69, 9.17) is 22.4 Å². The fourth-order valence-corrected chi connectivity index (χ4v) is 1.90. The molecule has 0 bridgehead atoms. The Kier molecular flexibility index (Phi) is 4.51. The van der Waals surface area contributed by atoms with Crippen LogP contribution in [0.5, 0.6) is 0 Å². The molecule has 0 atom stereocenters. The van der Waals surface area contributed by atoms with E-state index in [2.05, 4.69) is 15.6 Å². The number of benzene rings is 1. The molecule has 4 N–H and O–H groups in total. The highest BCUT2D eigenvalue weighted by Crippen LogP contribution is 2.20. The zero-order chi connectivity index (χ0) is 15.4. The van der Waals surface area contributed by atoms with Gasteiger partial charge in [0, 0.05) is 6.54 Å². The fourth-order valence-electron chi connectivity index (χ4n) is 1.72. The Labute approximate surface area is 124 Å². The first-order valence-corrected chi connectivity index (χ1v) is 6.30. The Morgan fingerprint density at radius 1 is 1.38 bits per heavy atom. The number of nitrogens with one attached hydrogen (secondary N) is 1. The molecule has 0 fully saturated rings. The minimum atomic E-state index is -1.24. The lowest BCUT2D eigenvalue weighted by Crippen LogP contribution is -2.22. The second-order valence-electron chi connectivity index (χ2n) is 4.08. The molecule has 1 heterocycles. The van der Waals surface area contributed by atoms with E-state index in [0.29, 0.717) is 10.7 Å². The molecule has 21 heavy (non-hydrogen) atoms. The second kappa shape index (κ2) is 6.33. The Morgan fingerprint density at radius 2 is 2.10 bits per heavy atom. The SMILES string of the molecule is NCc1c(C(=O)O)nnn1CC(=O)Nc1ccccc1Cl. The van der Waals surface area contributed by atoms with Crippen LogP contribution in [0.25, 0.3) is 0 Å². The molecule has 110 valence electrons. The van der Waals surface area contributed by atoms with Crippen LogP contribution in [0.3, 0.4) is 0 Å². The van der Waals surface area contributed by atoms with E-state index in [1.807, 2.05) is 0 Å². The molecule has 0 saturated carbocycles. The van der Waals surface area contributed by atoms with Crippen molar-refractivity contribution in [1.29, 1.82) is 0 Å². The van der Waals surface area contributed by atoms with Gasteiger partial charge in [0.25, 0.3) is 0 Å². The van der Waals surface area contributed by atoms with Crippen LogP contribution >= 0.6 is 11.6 Å². The number of aromatic nitrogens is 3. The summed E-state index contributed by atoms with van der Waals surface area (Å²) in [5.41, 5.74) is 5.84. The van der Waals surface area contributed by atoms with Crippen molar-refractivity contribution in [3.8, 4) is 0 Å². The standard InChI is InChI=1S/C12H12ClN5O3/c13-7-3-1-2-4-8(7)15-10(19)6-18-9(5-14)11(12(20)21)16-17-18/h1-4H,5-6,14H2,(H,15,19)(H,20,21). The van der Waals surface area contributed by atoms with Gasteiger partial charge in [0.1, 0.15) is 6.54 Å². The Bertz CT molecular complexity index is 685.